The zero-order valence-electron chi connectivity index (χ0n) is 22.4. The second-order valence-corrected chi connectivity index (χ2v) is 9.97. The minimum absolute atomic E-state index is 0.165. The molecule has 3 heterocycles. The first-order valence-electron chi connectivity index (χ1n) is 13.3. The monoisotopic (exact) mass is 536 g/mol. The number of cyclic esters (lactones) is 1. The quantitative estimate of drug-likeness (QED) is 0.391. The number of nitrogens with zero attached hydrogens (tertiary/aromatic N) is 6. The molecule has 1 aromatic heterocycles. The molecule has 2 saturated heterocycles. The smallest absolute Gasteiger partial charge is 0.338 e. The predicted molar refractivity (Wildman–Crippen MR) is 148 cm³/mol. The molecule has 10 heteroatoms. The van der Waals surface area contributed by atoms with Crippen molar-refractivity contribution in [3.05, 3.63) is 65.0 Å². The number of tetrazole rings is 1. The van der Waals surface area contributed by atoms with E-state index < -0.39 is 0 Å². The summed E-state index contributed by atoms with van der Waals surface area (Å²) in [7, 11) is 0. The molecule has 0 unspecified atom stereocenters. The van der Waals surface area contributed by atoms with Crippen LogP contribution in [0.1, 0.15) is 38.7 Å². The summed E-state index contributed by atoms with van der Waals surface area (Å²) in [6.45, 7) is 8.55. The molecular weight excluding hydrogens is 500 g/mol. The molecule has 0 bridgehead atoms. The predicted octanol–water partition coefficient (Wildman–Crippen LogP) is 3.62. The minimum atomic E-state index is -0.198. The number of piperazine rings is 1. The van der Waals surface area contributed by atoms with Crippen LogP contribution in [0.3, 0.4) is 0 Å². The molecule has 1 aliphatic carbocycles. The van der Waals surface area contributed by atoms with Crippen molar-refractivity contribution < 1.29 is 14.3 Å². The molecule has 3 aliphatic rings. The van der Waals surface area contributed by atoms with Gasteiger partial charge in [0.25, 0.3) is 0 Å². The van der Waals surface area contributed by atoms with Gasteiger partial charge >= 0.3 is 5.97 Å². The Morgan fingerprint density at radius 1 is 1.11 bits per heavy atom. The lowest BCUT2D eigenvalue weighted by Gasteiger charge is -2.35. The number of carbonyl (C=O) groups is 2. The number of thioether (sulfide) groups is 1. The maximum atomic E-state index is 13.1. The Hall–Kier alpha value is -3.24. The molecule has 0 spiro atoms. The Labute approximate surface area is 228 Å². The second kappa shape index (κ2) is 13.5. The number of hydrogen-bond acceptors (Lipinski definition) is 8. The lowest BCUT2D eigenvalue weighted by molar-refractivity contribution is -0.135. The maximum Gasteiger partial charge on any atom is 0.338 e. The van der Waals surface area contributed by atoms with Gasteiger partial charge in [-0.3, -0.25) is 9.69 Å². The van der Waals surface area contributed by atoms with Gasteiger partial charge in [0.05, 0.1) is 17.7 Å². The van der Waals surface area contributed by atoms with E-state index in [4.69, 9.17) is 4.74 Å². The fraction of sp³-hybridized carbons (Fsp3) is 0.464. The van der Waals surface area contributed by atoms with Gasteiger partial charge in [-0.1, -0.05) is 43.7 Å². The molecule has 1 amide bonds. The summed E-state index contributed by atoms with van der Waals surface area (Å²) in [5.74, 6) is -0.0332. The summed E-state index contributed by atoms with van der Waals surface area (Å²) in [5, 5.41) is 11.3. The van der Waals surface area contributed by atoms with Gasteiger partial charge in [0.1, 0.15) is 12.9 Å². The van der Waals surface area contributed by atoms with E-state index in [0.717, 1.165) is 79.3 Å². The highest BCUT2D eigenvalue weighted by Gasteiger charge is 2.25. The molecule has 2 fully saturated rings. The highest BCUT2D eigenvalue weighted by molar-refractivity contribution is 7.98. The van der Waals surface area contributed by atoms with Crippen LogP contribution in [0.15, 0.2) is 64.4 Å². The van der Waals surface area contributed by atoms with Crippen LogP contribution in [0.5, 0.6) is 0 Å². The Morgan fingerprint density at radius 2 is 1.89 bits per heavy atom. The van der Waals surface area contributed by atoms with Crippen molar-refractivity contribution >= 4 is 23.6 Å². The van der Waals surface area contributed by atoms with Crippen LogP contribution in [0.25, 0.3) is 5.69 Å². The van der Waals surface area contributed by atoms with Crippen molar-refractivity contribution in [1.82, 2.24) is 30.0 Å². The zero-order valence-corrected chi connectivity index (χ0v) is 23.2. The lowest BCUT2D eigenvalue weighted by Crippen LogP contribution is -2.49. The Kier molecular flexibility index (Phi) is 9.89. The number of allylic oxidation sites excluding steroid dienone is 3. The Balaban J connectivity index is 0.00000164. The van der Waals surface area contributed by atoms with Crippen LogP contribution in [0, 0.1) is 0 Å². The number of esters is 1. The SMILES string of the molecule is CC.CSc1cc(-n2cnnn2)ccc1CC(=O)N1CCN(CCC2=C/CCC=C3C(=O)OC\C3=C\2)CC1. The van der Waals surface area contributed by atoms with Crippen molar-refractivity contribution in [3.63, 3.8) is 0 Å². The first-order valence-corrected chi connectivity index (χ1v) is 14.5. The van der Waals surface area contributed by atoms with E-state index in [-0.39, 0.29) is 11.9 Å². The van der Waals surface area contributed by atoms with Crippen LogP contribution in [0.4, 0.5) is 0 Å². The molecule has 2 aliphatic heterocycles. The molecule has 1 aromatic carbocycles. The molecule has 38 heavy (non-hydrogen) atoms. The molecule has 0 radical (unpaired) electrons. The topological polar surface area (TPSA) is 93.5 Å². The number of benzene rings is 1. The van der Waals surface area contributed by atoms with Crippen molar-refractivity contribution in [2.75, 3.05) is 45.6 Å². The maximum absolute atomic E-state index is 13.1. The third-order valence-corrected chi connectivity index (χ3v) is 7.69. The molecule has 5 rings (SSSR count). The number of amides is 1. The van der Waals surface area contributed by atoms with Crippen LogP contribution in [0.2, 0.25) is 0 Å². The van der Waals surface area contributed by atoms with Gasteiger partial charge in [-0.25, -0.2) is 9.48 Å². The molecule has 2 aromatic rings. The van der Waals surface area contributed by atoms with Gasteiger partial charge < -0.3 is 9.64 Å². The van der Waals surface area contributed by atoms with Crippen LogP contribution < -0.4 is 0 Å². The molecular formula is C28H36N6O3S. The summed E-state index contributed by atoms with van der Waals surface area (Å²) in [5.41, 5.74) is 4.91. The van der Waals surface area contributed by atoms with E-state index in [1.165, 1.54) is 5.57 Å². The summed E-state index contributed by atoms with van der Waals surface area (Å²) >= 11 is 1.62. The fourth-order valence-corrected chi connectivity index (χ4v) is 5.44. The number of hydrogen-bond donors (Lipinski definition) is 0. The van der Waals surface area contributed by atoms with Gasteiger partial charge in [-0.2, -0.15) is 0 Å². The fourth-order valence-electron chi connectivity index (χ4n) is 4.80. The average molecular weight is 537 g/mol. The third-order valence-electron chi connectivity index (χ3n) is 6.87. The molecule has 0 N–H and O–H groups in total. The molecule has 0 saturated carbocycles. The van der Waals surface area contributed by atoms with E-state index in [1.54, 1.807) is 22.8 Å². The average Bonchev–Trinajstić information content (AvgIpc) is 3.59. The lowest BCUT2D eigenvalue weighted by atomic mass is 9.98. The number of aromatic nitrogens is 4. The zero-order chi connectivity index (χ0) is 26.9. The van der Waals surface area contributed by atoms with Gasteiger partial charge in [-0.15, -0.1) is 16.9 Å². The van der Waals surface area contributed by atoms with Gasteiger partial charge in [-0.05, 0) is 53.6 Å². The number of ether oxygens (including phenoxy) is 1. The first-order chi connectivity index (χ1) is 18.6. The first kappa shape index (κ1) is 27.8. The summed E-state index contributed by atoms with van der Waals surface area (Å²) in [6, 6.07) is 5.97. The summed E-state index contributed by atoms with van der Waals surface area (Å²) in [4.78, 5) is 30.4. The van der Waals surface area contributed by atoms with Crippen LogP contribution in [-0.2, 0) is 20.7 Å². The normalized spacial score (nSPS) is 20.4. The number of carbonyl (C=O) groups excluding carboxylic acids is 2. The third kappa shape index (κ3) is 6.79. The second-order valence-electron chi connectivity index (χ2n) is 9.12. The number of fused-ring (bicyclic) bond motifs is 1. The highest BCUT2D eigenvalue weighted by Crippen LogP contribution is 2.27. The molecule has 9 nitrogen and oxygen atoms in total. The Morgan fingerprint density at radius 3 is 2.63 bits per heavy atom. The molecule has 0 atom stereocenters. The highest BCUT2D eigenvalue weighted by atomic mass is 32.2. The van der Waals surface area contributed by atoms with Crippen molar-refractivity contribution in [2.24, 2.45) is 0 Å². The van der Waals surface area contributed by atoms with E-state index >= 15 is 0 Å². The van der Waals surface area contributed by atoms with Gasteiger partial charge in [0, 0.05) is 43.2 Å². The van der Waals surface area contributed by atoms with E-state index in [0.29, 0.717) is 13.0 Å². The van der Waals surface area contributed by atoms with E-state index in [2.05, 4.69) is 32.6 Å². The van der Waals surface area contributed by atoms with Gasteiger partial charge in [0.2, 0.25) is 5.91 Å². The van der Waals surface area contributed by atoms with E-state index in [1.807, 2.05) is 49.3 Å². The number of rotatable bonds is 7. The van der Waals surface area contributed by atoms with Gasteiger partial charge in [0.15, 0.2) is 0 Å². The van der Waals surface area contributed by atoms with Crippen molar-refractivity contribution in [1.29, 1.82) is 0 Å². The summed E-state index contributed by atoms with van der Waals surface area (Å²) < 4.78 is 6.82. The van der Waals surface area contributed by atoms with Crippen molar-refractivity contribution in [3.8, 4) is 5.69 Å². The van der Waals surface area contributed by atoms with E-state index in [9.17, 15) is 9.59 Å². The van der Waals surface area contributed by atoms with Crippen molar-refractivity contribution in [2.45, 2.75) is 44.4 Å². The van der Waals surface area contributed by atoms with Crippen LogP contribution >= 0.6 is 11.8 Å². The van der Waals surface area contributed by atoms with Crippen LogP contribution in [-0.4, -0.2) is 87.5 Å². The largest absolute Gasteiger partial charge is 0.457 e. The molecule has 202 valence electrons. The Bertz CT molecular complexity index is 1210. The summed E-state index contributed by atoms with van der Waals surface area (Å²) in [6.07, 6.45) is 13.1. The minimum Gasteiger partial charge on any atom is -0.457 e. The standard InChI is InChI=1S/C26H30N6O3S.C2H6/c1-36-24-16-22(32-18-27-28-29-32)7-6-20(24)15-25(33)31-12-10-30(11-13-31)9-8-19-4-2-3-5-23-21(14-19)17-35-26(23)34;1-2/h4-7,14,16,18H,2-3,8-13,15,17H2,1H3;1-2H3/b19-4-,21-14-,23-5?;.